The molecule has 108 valence electrons. The zero-order valence-corrected chi connectivity index (χ0v) is 12.5. The Labute approximate surface area is 125 Å². The van der Waals surface area contributed by atoms with E-state index in [4.69, 9.17) is 5.11 Å². The molecule has 0 aliphatic carbocycles. The van der Waals surface area contributed by atoms with Crippen LogP contribution in [-0.2, 0) is 13.5 Å². The molecule has 0 radical (unpaired) electrons. The lowest BCUT2D eigenvalue weighted by Gasteiger charge is -2.01. The molecule has 2 heterocycles. The molecule has 1 aromatic carbocycles. The summed E-state index contributed by atoms with van der Waals surface area (Å²) in [5.41, 5.74) is 2.75. The summed E-state index contributed by atoms with van der Waals surface area (Å²) in [6.45, 7) is 2.09. The summed E-state index contributed by atoms with van der Waals surface area (Å²) in [5.74, 6) is -0.166. The molecule has 0 spiro atoms. The Morgan fingerprint density at radius 3 is 2.95 bits per heavy atom. The van der Waals surface area contributed by atoms with Crippen molar-refractivity contribution in [2.45, 2.75) is 19.8 Å². The average molecular weight is 302 g/mol. The fourth-order valence-corrected chi connectivity index (χ4v) is 3.05. The van der Waals surface area contributed by atoms with Crippen LogP contribution in [0.15, 0.2) is 18.2 Å². The molecule has 0 bridgehead atoms. The van der Waals surface area contributed by atoms with Gasteiger partial charge in [0.2, 0.25) is 0 Å². The number of nitrogens with zero attached hydrogens (tertiary/aromatic N) is 4. The third-order valence-corrected chi connectivity index (χ3v) is 4.14. The molecular formula is C14H14N4O2S. The summed E-state index contributed by atoms with van der Waals surface area (Å²) in [7, 11) is 1.92. The highest BCUT2D eigenvalue weighted by Crippen LogP contribution is 2.29. The molecule has 0 amide bonds. The molecule has 7 heteroatoms. The minimum atomic E-state index is -0.949. The van der Waals surface area contributed by atoms with E-state index >= 15 is 0 Å². The van der Waals surface area contributed by atoms with Gasteiger partial charge in [-0.3, -0.25) is 0 Å². The van der Waals surface area contributed by atoms with E-state index in [0.29, 0.717) is 5.52 Å². The smallest absolute Gasteiger partial charge is 0.335 e. The van der Waals surface area contributed by atoms with Gasteiger partial charge in [0.1, 0.15) is 4.88 Å². The highest BCUT2D eigenvalue weighted by atomic mass is 32.1. The highest BCUT2D eigenvalue weighted by Gasteiger charge is 2.17. The molecule has 1 N–H and O–H groups in total. The van der Waals surface area contributed by atoms with Crippen molar-refractivity contribution < 1.29 is 9.90 Å². The van der Waals surface area contributed by atoms with E-state index in [0.717, 1.165) is 34.8 Å². The van der Waals surface area contributed by atoms with Crippen LogP contribution < -0.4 is 0 Å². The number of carbonyl (C=O) groups is 1. The fraction of sp³-hybridized carbons (Fsp3) is 0.286. The van der Waals surface area contributed by atoms with E-state index in [1.165, 1.54) is 11.5 Å². The van der Waals surface area contributed by atoms with Crippen LogP contribution in [-0.4, -0.2) is 30.2 Å². The second kappa shape index (κ2) is 5.25. The predicted octanol–water partition coefficient (Wildman–Crippen LogP) is 2.74. The molecule has 0 atom stereocenters. The number of imidazole rings is 1. The Hall–Kier alpha value is -2.28. The zero-order chi connectivity index (χ0) is 15.0. The monoisotopic (exact) mass is 302 g/mol. The Bertz CT molecular complexity index is 822. The zero-order valence-electron chi connectivity index (χ0n) is 11.7. The SMILES string of the molecule is CCCc1nnsc1-c1nc2cc(C(=O)O)ccc2n1C. The van der Waals surface area contributed by atoms with Crippen molar-refractivity contribution in [1.29, 1.82) is 0 Å². The first kappa shape index (κ1) is 13.7. The van der Waals surface area contributed by atoms with Crippen LogP contribution in [0.3, 0.4) is 0 Å². The molecule has 3 aromatic rings. The number of carboxylic acids is 1. The van der Waals surface area contributed by atoms with Gasteiger partial charge in [-0.25, -0.2) is 9.78 Å². The highest BCUT2D eigenvalue weighted by molar-refractivity contribution is 7.09. The van der Waals surface area contributed by atoms with E-state index < -0.39 is 5.97 Å². The van der Waals surface area contributed by atoms with E-state index in [2.05, 4.69) is 21.5 Å². The van der Waals surface area contributed by atoms with Crippen LogP contribution in [0.25, 0.3) is 21.7 Å². The number of aromatic carboxylic acids is 1. The number of aromatic nitrogens is 4. The molecule has 21 heavy (non-hydrogen) atoms. The van der Waals surface area contributed by atoms with Crippen LogP contribution in [0.4, 0.5) is 0 Å². The van der Waals surface area contributed by atoms with Gasteiger partial charge in [-0.15, -0.1) is 5.10 Å². The Morgan fingerprint density at radius 1 is 1.43 bits per heavy atom. The molecular weight excluding hydrogens is 288 g/mol. The molecule has 0 saturated carbocycles. The van der Waals surface area contributed by atoms with E-state index in [9.17, 15) is 4.79 Å². The van der Waals surface area contributed by atoms with Gasteiger partial charge >= 0.3 is 5.97 Å². The van der Waals surface area contributed by atoms with Gasteiger partial charge in [0, 0.05) is 7.05 Å². The first-order valence-electron chi connectivity index (χ1n) is 6.63. The quantitative estimate of drug-likeness (QED) is 0.801. The molecule has 0 aliphatic heterocycles. The van der Waals surface area contributed by atoms with Gasteiger partial charge < -0.3 is 9.67 Å². The van der Waals surface area contributed by atoms with Crippen LogP contribution in [0.5, 0.6) is 0 Å². The fourth-order valence-electron chi connectivity index (χ4n) is 2.31. The summed E-state index contributed by atoms with van der Waals surface area (Å²) < 4.78 is 5.97. The first-order chi connectivity index (χ1) is 10.1. The number of fused-ring (bicyclic) bond motifs is 1. The van der Waals surface area contributed by atoms with E-state index in [1.807, 2.05) is 11.6 Å². The van der Waals surface area contributed by atoms with Crippen molar-refractivity contribution >= 4 is 28.5 Å². The van der Waals surface area contributed by atoms with E-state index in [-0.39, 0.29) is 5.56 Å². The first-order valence-corrected chi connectivity index (χ1v) is 7.40. The lowest BCUT2D eigenvalue weighted by atomic mass is 10.2. The van der Waals surface area contributed by atoms with Crippen LogP contribution in [0, 0.1) is 0 Å². The maximum Gasteiger partial charge on any atom is 0.335 e. The van der Waals surface area contributed by atoms with Crippen molar-refractivity contribution in [3.8, 4) is 10.7 Å². The molecule has 0 aliphatic rings. The van der Waals surface area contributed by atoms with Crippen molar-refractivity contribution in [2.24, 2.45) is 7.05 Å². The Morgan fingerprint density at radius 2 is 2.24 bits per heavy atom. The minimum Gasteiger partial charge on any atom is -0.478 e. The van der Waals surface area contributed by atoms with Gasteiger partial charge in [0.15, 0.2) is 5.82 Å². The molecule has 0 unspecified atom stereocenters. The average Bonchev–Trinajstić information content (AvgIpc) is 3.04. The van der Waals surface area contributed by atoms with Crippen molar-refractivity contribution in [3.63, 3.8) is 0 Å². The number of carboxylic acid groups (broad SMARTS) is 1. The van der Waals surface area contributed by atoms with Crippen molar-refractivity contribution in [3.05, 3.63) is 29.5 Å². The summed E-state index contributed by atoms with van der Waals surface area (Å²) in [4.78, 5) is 16.6. The largest absolute Gasteiger partial charge is 0.478 e. The van der Waals surface area contributed by atoms with Crippen LogP contribution in [0.1, 0.15) is 29.4 Å². The third-order valence-electron chi connectivity index (χ3n) is 3.37. The number of aryl methyl sites for hydroxylation is 2. The van der Waals surface area contributed by atoms with Gasteiger partial charge in [-0.1, -0.05) is 17.8 Å². The van der Waals surface area contributed by atoms with Crippen molar-refractivity contribution in [1.82, 2.24) is 19.1 Å². The number of rotatable bonds is 4. The van der Waals surface area contributed by atoms with Crippen molar-refractivity contribution in [2.75, 3.05) is 0 Å². The molecule has 6 nitrogen and oxygen atoms in total. The lowest BCUT2D eigenvalue weighted by Crippen LogP contribution is -1.96. The van der Waals surface area contributed by atoms with Gasteiger partial charge in [-0.2, -0.15) is 0 Å². The summed E-state index contributed by atoms with van der Waals surface area (Å²) >= 11 is 1.32. The molecule has 0 fully saturated rings. The van der Waals surface area contributed by atoms with Gasteiger partial charge in [-0.05, 0) is 36.2 Å². The minimum absolute atomic E-state index is 0.239. The van der Waals surface area contributed by atoms with Crippen LogP contribution in [0.2, 0.25) is 0 Å². The number of hydrogen-bond donors (Lipinski definition) is 1. The topological polar surface area (TPSA) is 80.9 Å². The second-order valence-corrected chi connectivity index (χ2v) is 5.56. The summed E-state index contributed by atoms with van der Waals surface area (Å²) in [6.07, 6.45) is 1.85. The van der Waals surface area contributed by atoms with Crippen LogP contribution >= 0.6 is 11.5 Å². The van der Waals surface area contributed by atoms with Gasteiger partial charge in [0.25, 0.3) is 0 Å². The number of hydrogen-bond acceptors (Lipinski definition) is 5. The predicted molar refractivity (Wildman–Crippen MR) is 80.6 cm³/mol. The molecule has 2 aromatic heterocycles. The summed E-state index contributed by atoms with van der Waals surface area (Å²) in [5, 5.41) is 13.2. The van der Waals surface area contributed by atoms with Gasteiger partial charge in [0.05, 0.1) is 22.3 Å². The third kappa shape index (κ3) is 2.29. The molecule has 3 rings (SSSR count). The Balaban J connectivity index is 2.17. The second-order valence-electron chi connectivity index (χ2n) is 4.80. The Kier molecular flexibility index (Phi) is 3.42. The maximum atomic E-state index is 11.1. The maximum absolute atomic E-state index is 11.1. The standard InChI is InChI=1S/C14H14N4O2S/c1-3-4-9-12(21-17-16-9)13-15-10-7-8(14(19)20)5-6-11(10)18(13)2/h5-7H,3-4H2,1-2H3,(H,19,20). The summed E-state index contributed by atoms with van der Waals surface area (Å²) in [6, 6.07) is 4.96. The number of benzene rings is 1. The lowest BCUT2D eigenvalue weighted by molar-refractivity contribution is 0.0697. The molecule has 0 saturated heterocycles. The normalized spacial score (nSPS) is 11.1. The van der Waals surface area contributed by atoms with E-state index in [1.54, 1.807) is 18.2 Å².